The number of nitrogens with one attached hydrogen (secondary N) is 4. The van der Waals surface area contributed by atoms with Crippen molar-refractivity contribution >= 4 is 56.7 Å². The predicted octanol–water partition coefficient (Wildman–Crippen LogP) is 5.52. The van der Waals surface area contributed by atoms with Gasteiger partial charge in [0.2, 0.25) is 17.7 Å². The van der Waals surface area contributed by atoms with Gasteiger partial charge in [0, 0.05) is 37.2 Å². The number of hydrogen-bond donors (Lipinski definition) is 4. The number of nitrogens with zero attached hydrogens (tertiary/aromatic N) is 5. The van der Waals surface area contributed by atoms with Crippen molar-refractivity contribution < 1.29 is 23.9 Å². The molecule has 5 heterocycles. The highest BCUT2D eigenvalue weighted by molar-refractivity contribution is 6.04. The van der Waals surface area contributed by atoms with E-state index < -0.39 is 18.2 Å². The first kappa shape index (κ1) is 35.9. The summed E-state index contributed by atoms with van der Waals surface area (Å²) in [5.41, 5.74) is 5.02. The number of amides is 4. The normalized spacial score (nSPS) is 18.7. The van der Waals surface area contributed by atoms with Gasteiger partial charge in [0.1, 0.15) is 23.7 Å². The molecule has 2 saturated heterocycles. The number of ether oxygens (including phenoxy) is 1. The summed E-state index contributed by atoms with van der Waals surface area (Å²) < 4.78 is 4.77. The van der Waals surface area contributed by atoms with Gasteiger partial charge in [-0.3, -0.25) is 19.4 Å². The Hall–Kier alpha value is -5.53. The van der Waals surface area contributed by atoms with Gasteiger partial charge in [-0.05, 0) is 67.2 Å². The minimum atomic E-state index is -0.705. The first-order valence-electron chi connectivity index (χ1n) is 18.4. The Labute approximate surface area is 307 Å². The maximum Gasteiger partial charge on any atom is 0.407 e. The molecule has 2 aliphatic rings. The molecule has 2 fully saturated rings. The number of benzene rings is 2. The molecular weight excluding hydrogens is 674 g/mol. The molecule has 4 N–H and O–H groups in total. The fourth-order valence-electron chi connectivity index (χ4n) is 7.80. The van der Waals surface area contributed by atoms with Crippen LogP contribution in [0.5, 0.6) is 0 Å². The van der Waals surface area contributed by atoms with E-state index in [1.165, 1.54) is 14.0 Å². The second-order valence-corrected chi connectivity index (χ2v) is 14.9. The van der Waals surface area contributed by atoms with E-state index in [1.807, 2.05) is 74.0 Å². The molecule has 0 bridgehead atoms. The Balaban J connectivity index is 1.13. The van der Waals surface area contributed by atoms with Crippen molar-refractivity contribution in [3.8, 4) is 11.3 Å². The maximum absolute atomic E-state index is 13.7. The fraction of sp³-hybridized carbons (Fsp3) is 0.462. The highest BCUT2D eigenvalue weighted by Gasteiger charge is 2.39. The lowest BCUT2D eigenvalue weighted by Crippen LogP contribution is -2.51. The Bertz CT molecular complexity index is 2210. The molecule has 5 aromatic rings. The average molecular weight is 722 g/mol. The van der Waals surface area contributed by atoms with E-state index >= 15 is 0 Å². The van der Waals surface area contributed by atoms with Gasteiger partial charge in [0.15, 0.2) is 0 Å². The van der Waals surface area contributed by atoms with Gasteiger partial charge in [0.25, 0.3) is 0 Å². The number of likely N-dealkylation sites (tertiary alicyclic amines) is 2. The standard InChI is InChI=1S/C39H47N9O5/c1-20(2)32(41-22(5)49)37(50)47-15-7-9-30(47)35-42-26-13-12-24(18-29(26)44-35)28-17-23-11-14-27-34(25(23)19-40-28)45-36(43-27)31-10-8-16-48(31)38(51)33(21(3)4)46-39(52)53-6/h11-14,17-21,30-33H,7-10,15-16H2,1-6H3,(H,41,49)(H,42,44)(H,43,45)(H,46,52)/t30-,31-,32-,33-/m0/s1. The van der Waals surface area contributed by atoms with Gasteiger partial charge in [-0.15, -0.1) is 0 Å². The molecule has 0 saturated carbocycles. The van der Waals surface area contributed by atoms with Crippen molar-refractivity contribution in [2.45, 2.75) is 84.5 Å². The molecule has 2 aliphatic heterocycles. The molecular formula is C39H47N9O5. The minimum absolute atomic E-state index is 0.0408. The van der Waals surface area contributed by atoms with Gasteiger partial charge in [-0.1, -0.05) is 39.8 Å². The van der Waals surface area contributed by atoms with Crippen molar-refractivity contribution in [1.82, 2.24) is 45.4 Å². The van der Waals surface area contributed by atoms with Gasteiger partial charge in [-0.25, -0.2) is 14.8 Å². The van der Waals surface area contributed by atoms with Crippen molar-refractivity contribution in [2.75, 3.05) is 20.2 Å². The third-order valence-corrected chi connectivity index (χ3v) is 10.6. The SMILES string of the molecule is COC(=O)N[C@H](C(=O)N1CCC[C@H]1c1nc2ccc3cc(-c4ccc5nc([C@@H]6CCCN6C(=O)[C@@H](NC(C)=O)C(C)C)[nH]c5c4)ncc3c2[nH]1)C(C)C. The van der Waals surface area contributed by atoms with Crippen LogP contribution in [0.3, 0.4) is 0 Å². The molecule has 3 aromatic heterocycles. The quantitative estimate of drug-likeness (QED) is 0.154. The fourth-order valence-corrected chi connectivity index (χ4v) is 7.80. The summed E-state index contributed by atoms with van der Waals surface area (Å²) in [5, 5.41) is 7.45. The molecule has 0 aliphatic carbocycles. The molecule has 278 valence electrons. The molecule has 14 heteroatoms. The molecule has 14 nitrogen and oxygen atoms in total. The number of carbonyl (C=O) groups is 4. The summed E-state index contributed by atoms with van der Waals surface area (Å²) in [6.07, 6.45) is 4.47. The first-order chi connectivity index (χ1) is 25.4. The second-order valence-electron chi connectivity index (χ2n) is 14.9. The minimum Gasteiger partial charge on any atom is -0.453 e. The summed E-state index contributed by atoms with van der Waals surface area (Å²) in [6, 6.07) is 10.3. The lowest BCUT2D eigenvalue weighted by atomic mass is 10.0. The number of fused-ring (bicyclic) bond motifs is 4. The van der Waals surface area contributed by atoms with Crippen LogP contribution in [-0.4, -0.2) is 90.8 Å². The van der Waals surface area contributed by atoms with E-state index in [-0.39, 0.29) is 41.6 Å². The molecule has 53 heavy (non-hydrogen) atoms. The zero-order chi connectivity index (χ0) is 37.6. The predicted molar refractivity (Wildman–Crippen MR) is 200 cm³/mol. The van der Waals surface area contributed by atoms with Crippen LogP contribution in [0.15, 0.2) is 42.6 Å². The van der Waals surface area contributed by atoms with Crippen LogP contribution < -0.4 is 10.6 Å². The number of H-pyrrole nitrogens is 2. The van der Waals surface area contributed by atoms with E-state index in [2.05, 4.69) is 26.7 Å². The van der Waals surface area contributed by atoms with Gasteiger partial charge < -0.3 is 35.1 Å². The van der Waals surface area contributed by atoms with Crippen LogP contribution in [0.2, 0.25) is 0 Å². The first-order valence-corrected chi connectivity index (χ1v) is 18.4. The number of carbonyl (C=O) groups excluding carboxylic acids is 4. The van der Waals surface area contributed by atoms with E-state index in [9.17, 15) is 19.2 Å². The second kappa shape index (κ2) is 14.5. The molecule has 2 aromatic carbocycles. The number of aromatic amines is 2. The Morgan fingerprint density at radius 1 is 0.811 bits per heavy atom. The number of imidazole rings is 2. The Kier molecular flexibility index (Phi) is 9.79. The molecule has 0 spiro atoms. The van der Waals surface area contributed by atoms with Gasteiger partial charge in [-0.2, -0.15) is 0 Å². The molecule has 0 unspecified atom stereocenters. The van der Waals surface area contributed by atoms with Crippen LogP contribution in [0.4, 0.5) is 4.79 Å². The van der Waals surface area contributed by atoms with Crippen LogP contribution in [0.1, 0.15) is 84.0 Å². The monoisotopic (exact) mass is 721 g/mol. The zero-order valence-electron chi connectivity index (χ0n) is 31.0. The molecule has 4 atom stereocenters. The topological polar surface area (TPSA) is 178 Å². The summed E-state index contributed by atoms with van der Waals surface area (Å²) in [5.74, 6) is 0.829. The van der Waals surface area contributed by atoms with Gasteiger partial charge in [0.05, 0.1) is 47.0 Å². The molecule has 4 amide bonds. The van der Waals surface area contributed by atoms with Crippen molar-refractivity contribution in [1.29, 1.82) is 0 Å². The number of alkyl carbamates (subject to hydrolysis) is 1. The van der Waals surface area contributed by atoms with Gasteiger partial charge >= 0.3 is 6.09 Å². The van der Waals surface area contributed by atoms with E-state index in [0.717, 1.165) is 75.6 Å². The number of hydrogen-bond acceptors (Lipinski definition) is 8. The number of pyridine rings is 1. The molecule has 0 radical (unpaired) electrons. The third kappa shape index (κ3) is 6.89. The zero-order valence-corrected chi connectivity index (χ0v) is 31.0. The van der Waals surface area contributed by atoms with Crippen LogP contribution in [0.25, 0.3) is 44.1 Å². The highest BCUT2D eigenvalue weighted by Crippen LogP contribution is 2.36. The Morgan fingerprint density at radius 3 is 2.04 bits per heavy atom. The molecule has 7 rings (SSSR count). The van der Waals surface area contributed by atoms with Crippen LogP contribution in [0, 0.1) is 11.8 Å². The van der Waals surface area contributed by atoms with Crippen molar-refractivity contribution in [3.05, 3.63) is 54.2 Å². The number of aromatic nitrogens is 5. The maximum atomic E-state index is 13.7. The summed E-state index contributed by atoms with van der Waals surface area (Å²) in [7, 11) is 1.29. The summed E-state index contributed by atoms with van der Waals surface area (Å²) in [6.45, 7) is 10.3. The number of methoxy groups -OCH3 is 1. The van der Waals surface area contributed by atoms with E-state index in [0.29, 0.717) is 18.9 Å². The van der Waals surface area contributed by atoms with Crippen molar-refractivity contribution in [2.24, 2.45) is 11.8 Å². The lowest BCUT2D eigenvalue weighted by molar-refractivity contribution is -0.138. The van der Waals surface area contributed by atoms with Crippen LogP contribution >= 0.6 is 0 Å². The average Bonchev–Trinajstić information content (AvgIpc) is 3.96. The lowest BCUT2D eigenvalue weighted by Gasteiger charge is -2.30. The third-order valence-electron chi connectivity index (χ3n) is 10.6. The number of rotatable bonds is 9. The largest absolute Gasteiger partial charge is 0.453 e. The summed E-state index contributed by atoms with van der Waals surface area (Å²) >= 11 is 0. The van der Waals surface area contributed by atoms with E-state index in [4.69, 9.17) is 19.7 Å². The highest BCUT2D eigenvalue weighted by atomic mass is 16.5. The van der Waals surface area contributed by atoms with E-state index in [1.54, 1.807) is 0 Å². The Morgan fingerprint density at radius 2 is 1.42 bits per heavy atom. The van der Waals surface area contributed by atoms with Crippen molar-refractivity contribution in [3.63, 3.8) is 0 Å². The summed E-state index contributed by atoms with van der Waals surface area (Å²) in [4.78, 5) is 76.4. The smallest absolute Gasteiger partial charge is 0.407 e. The van der Waals surface area contributed by atoms with Crippen LogP contribution in [-0.2, 0) is 19.1 Å².